The Morgan fingerprint density at radius 3 is 2.93 bits per heavy atom. The van der Waals surface area contributed by atoms with Crippen LogP contribution in [0.3, 0.4) is 0 Å². The minimum Gasteiger partial charge on any atom is -0.290 e. The number of carbonyl (C=O) groups excluding carboxylic acids is 2. The highest BCUT2D eigenvalue weighted by Gasteiger charge is 2.33. The summed E-state index contributed by atoms with van der Waals surface area (Å²) < 4.78 is 0. The van der Waals surface area contributed by atoms with Gasteiger partial charge in [0.05, 0.1) is 0 Å². The molecular weight excluding hydrogens is 188 g/mol. The summed E-state index contributed by atoms with van der Waals surface area (Å²) in [6, 6.07) is 5.62. The Morgan fingerprint density at radius 1 is 1.20 bits per heavy atom. The molecule has 0 radical (unpaired) electrons. The van der Waals surface area contributed by atoms with Crippen LogP contribution in [0.15, 0.2) is 24.3 Å². The van der Waals surface area contributed by atoms with E-state index in [1.165, 1.54) is 0 Å². The standard InChI is InChI=1S/C13H10O2/c14-11-7-9-5-1-3-8-4-2-6-10(12(8)9)13(11)15/h1-4,6,9H,5,7H2. The number of rotatable bonds is 0. The molecular formula is C13H10O2. The van der Waals surface area contributed by atoms with Crippen LogP contribution in [0.4, 0.5) is 0 Å². The number of hydrogen-bond donors (Lipinski definition) is 0. The molecule has 0 spiro atoms. The highest BCUT2D eigenvalue weighted by atomic mass is 16.2. The molecule has 1 atom stereocenters. The second-order valence-electron chi connectivity index (χ2n) is 4.10. The van der Waals surface area contributed by atoms with Crippen LogP contribution in [0.5, 0.6) is 0 Å². The van der Waals surface area contributed by atoms with E-state index in [4.69, 9.17) is 0 Å². The normalized spacial score (nSPS) is 22.8. The van der Waals surface area contributed by atoms with Gasteiger partial charge in [0, 0.05) is 12.0 Å². The Labute approximate surface area is 87.6 Å². The van der Waals surface area contributed by atoms with Gasteiger partial charge >= 0.3 is 0 Å². The summed E-state index contributed by atoms with van der Waals surface area (Å²) in [5, 5.41) is 0. The molecule has 0 aliphatic heterocycles. The summed E-state index contributed by atoms with van der Waals surface area (Å²) in [5.41, 5.74) is 2.81. The maximum atomic E-state index is 11.7. The molecule has 0 fully saturated rings. The van der Waals surface area contributed by atoms with Gasteiger partial charge in [-0.3, -0.25) is 9.59 Å². The summed E-state index contributed by atoms with van der Waals surface area (Å²) in [6.45, 7) is 0. The molecule has 3 rings (SSSR count). The van der Waals surface area contributed by atoms with Gasteiger partial charge in [-0.25, -0.2) is 0 Å². The number of benzene rings is 1. The Kier molecular flexibility index (Phi) is 1.66. The van der Waals surface area contributed by atoms with Gasteiger partial charge in [-0.1, -0.05) is 30.4 Å². The van der Waals surface area contributed by atoms with Crippen LogP contribution in [-0.2, 0) is 4.79 Å². The molecule has 15 heavy (non-hydrogen) atoms. The Hall–Kier alpha value is -1.70. The summed E-state index contributed by atoms with van der Waals surface area (Å²) in [4.78, 5) is 23.2. The van der Waals surface area contributed by atoms with Crippen LogP contribution in [0.25, 0.3) is 6.08 Å². The second-order valence-corrected chi connectivity index (χ2v) is 4.10. The number of Topliss-reactive ketones (excluding diaryl/α,β-unsaturated/α-hetero) is 2. The smallest absolute Gasteiger partial charge is 0.228 e. The monoisotopic (exact) mass is 198 g/mol. The molecule has 1 aromatic carbocycles. The first-order valence-electron chi connectivity index (χ1n) is 5.14. The van der Waals surface area contributed by atoms with Gasteiger partial charge in [0.2, 0.25) is 11.6 Å². The molecule has 0 amide bonds. The summed E-state index contributed by atoms with van der Waals surface area (Å²) in [6.07, 6.45) is 5.38. The molecule has 2 nitrogen and oxygen atoms in total. The lowest BCUT2D eigenvalue weighted by atomic mass is 9.75. The van der Waals surface area contributed by atoms with Crippen molar-refractivity contribution in [1.29, 1.82) is 0 Å². The average molecular weight is 198 g/mol. The summed E-state index contributed by atoms with van der Waals surface area (Å²) >= 11 is 0. The Morgan fingerprint density at radius 2 is 2.07 bits per heavy atom. The lowest BCUT2D eigenvalue weighted by molar-refractivity contribution is -0.115. The molecule has 0 saturated heterocycles. The maximum Gasteiger partial charge on any atom is 0.228 e. The summed E-state index contributed by atoms with van der Waals surface area (Å²) in [7, 11) is 0. The van der Waals surface area contributed by atoms with Crippen molar-refractivity contribution in [2.45, 2.75) is 18.8 Å². The van der Waals surface area contributed by atoms with E-state index >= 15 is 0 Å². The van der Waals surface area contributed by atoms with Gasteiger partial charge in [0.1, 0.15) is 0 Å². The van der Waals surface area contributed by atoms with E-state index in [9.17, 15) is 9.59 Å². The second kappa shape index (κ2) is 2.89. The van der Waals surface area contributed by atoms with Gasteiger partial charge < -0.3 is 0 Å². The minimum atomic E-state index is -0.307. The average Bonchev–Trinajstić information content (AvgIpc) is 2.26. The SMILES string of the molecule is O=C1CC2CC=Cc3cccc(c32)C1=O. The van der Waals surface area contributed by atoms with E-state index in [1.807, 2.05) is 18.2 Å². The molecule has 1 unspecified atom stereocenters. The van der Waals surface area contributed by atoms with Crippen molar-refractivity contribution in [2.24, 2.45) is 0 Å². The van der Waals surface area contributed by atoms with E-state index < -0.39 is 0 Å². The highest BCUT2D eigenvalue weighted by Crippen LogP contribution is 2.38. The Bertz CT molecular complexity index is 497. The lowest BCUT2D eigenvalue weighted by Crippen LogP contribution is -2.27. The minimum absolute atomic E-state index is 0.228. The third-order valence-electron chi connectivity index (χ3n) is 3.20. The first-order valence-corrected chi connectivity index (χ1v) is 5.14. The summed E-state index contributed by atoms with van der Waals surface area (Å²) in [5.74, 6) is -0.315. The Balaban J connectivity index is 2.31. The van der Waals surface area contributed by atoms with E-state index in [1.54, 1.807) is 6.07 Å². The first kappa shape index (κ1) is 8.60. The van der Waals surface area contributed by atoms with Crippen LogP contribution in [0.2, 0.25) is 0 Å². The van der Waals surface area contributed by atoms with Crippen LogP contribution < -0.4 is 0 Å². The molecule has 0 bridgehead atoms. The fourth-order valence-corrected chi connectivity index (χ4v) is 2.51. The zero-order valence-corrected chi connectivity index (χ0v) is 8.19. The van der Waals surface area contributed by atoms with Gasteiger partial charge in [-0.05, 0) is 23.5 Å². The largest absolute Gasteiger partial charge is 0.290 e. The third-order valence-corrected chi connectivity index (χ3v) is 3.20. The van der Waals surface area contributed by atoms with Crippen molar-refractivity contribution in [3.8, 4) is 0 Å². The molecule has 2 heteroatoms. The van der Waals surface area contributed by atoms with Crippen LogP contribution in [0, 0.1) is 0 Å². The van der Waals surface area contributed by atoms with E-state index in [0.29, 0.717) is 12.0 Å². The maximum absolute atomic E-state index is 11.7. The number of allylic oxidation sites excluding steroid dienone is 1. The van der Waals surface area contributed by atoms with Gasteiger partial charge in [-0.15, -0.1) is 0 Å². The fourth-order valence-electron chi connectivity index (χ4n) is 2.51. The van der Waals surface area contributed by atoms with Gasteiger partial charge in [0.15, 0.2) is 0 Å². The van der Waals surface area contributed by atoms with Gasteiger partial charge in [0.25, 0.3) is 0 Å². The van der Waals surface area contributed by atoms with Crippen molar-refractivity contribution in [3.63, 3.8) is 0 Å². The van der Waals surface area contributed by atoms with Crippen LogP contribution in [-0.4, -0.2) is 11.6 Å². The van der Waals surface area contributed by atoms with Crippen LogP contribution >= 0.6 is 0 Å². The zero-order valence-electron chi connectivity index (χ0n) is 8.19. The van der Waals surface area contributed by atoms with E-state index in [-0.39, 0.29) is 17.5 Å². The quantitative estimate of drug-likeness (QED) is 0.599. The molecule has 2 aliphatic carbocycles. The molecule has 0 saturated carbocycles. The number of carbonyl (C=O) groups is 2. The first-order chi connectivity index (χ1) is 7.27. The van der Waals surface area contributed by atoms with Crippen molar-refractivity contribution in [1.82, 2.24) is 0 Å². The zero-order chi connectivity index (χ0) is 10.4. The van der Waals surface area contributed by atoms with Crippen LogP contribution in [0.1, 0.15) is 40.2 Å². The number of ketones is 2. The predicted octanol–water partition coefficient (Wildman–Crippen LogP) is 2.34. The molecule has 2 aliphatic rings. The van der Waals surface area contributed by atoms with Crippen molar-refractivity contribution >= 4 is 17.6 Å². The number of hydrogen-bond acceptors (Lipinski definition) is 2. The molecule has 1 aromatic rings. The lowest BCUT2D eigenvalue weighted by Gasteiger charge is -2.27. The predicted molar refractivity (Wildman–Crippen MR) is 56.8 cm³/mol. The van der Waals surface area contributed by atoms with Crippen molar-refractivity contribution in [3.05, 3.63) is 41.0 Å². The van der Waals surface area contributed by atoms with E-state index in [0.717, 1.165) is 17.5 Å². The topological polar surface area (TPSA) is 34.1 Å². The molecule has 0 heterocycles. The van der Waals surface area contributed by atoms with Crippen molar-refractivity contribution < 1.29 is 9.59 Å². The van der Waals surface area contributed by atoms with Gasteiger partial charge in [-0.2, -0.15) is 0 Å². The molecule has 0 N–H and O–H groups in total. The van der Waals surface area contributed by atoms with E-state index in [2.05, 4.69) is 6.08 Å². The molecule has 0 aromatic heterocycles. The molecule has 74 valence electrons. The highest BCUT2D eigenvalue weighted by molar-refractivity contribution is 6.45. The third kappa shape index (κ3) is 1.11. The van der Waals surface area contributed by atoms with Crippen molar-refractivity contribution in [2.75, 3.05) is 0 Å². The fraction of sp³-hybridized carbons (Fsp3) is 0.231.